The Hall–Kier alpha value is -2.94. The predicted molar refractivity (Wildman–Crippen MR) is 137 cm³/mol. The second kappa shape index (κ2) is 12.9. The summed E-state index contributed by atoms with van der Waals surface area (Å²) in [6.07, 6.45) is 0.800. The summed E-state index contributed by atoms with van der Waals surface area (Å²) in [5, 5.41) is 5.87. The molecule has 0 aliphatic heterocycles. The predicted octanol–water partition coefficient (Wildman–Crippen LogP) is 5.22. The van der Waals surface area contributed by atoms with E-state index in [0.29, 0.717) is 47.0 Å². The quantitative estimate of drug-likeness (QED) is 0.277. The summed E-state index contributed by atoms with van der Waals surface area (Å²) in [6.45, 7) is 1.48. The summed E-state index contributed by atoms with van der Waals surface area (Å²) in [7, 11) is 1.62. The van der Waals surface area contributed by atoms with E-state index in [4.69, 9.17) is 26.4 Å². The van der Waals surface area contributed by atoms with Crippen LogP contribution in [0.4, 0.5) is 5.69 Å². The summed E-state index contributed by atoms with van der Waals surface area (Å²) in [5.74, 6) is 1.03. The standard InChI is InChI=1S/C25H25BrN2O4S/c1-30-14-15-31-21-9-5-8-20(17-21)27-25(33)28-24(29)19-10-11-23(22(26)16-19)32-13-12-18-6-3-2-4-7-18/h2-11,16-17H,12-15H2,1H3,(H2,27,28,29,33). The summed E-state index contributed by atoms with van der Waals surface area (Å²) < 4.78 is 17.1. The van der Waals surface area contributed by atoms with Crippen molar-refractivity contribution in [2.45, 2.75) is 6.42 Å². The monoisotopic (exact) mass is 528 g/mol. The van der Waals surface area contributed by atoms with Gasteiger partial charge in [0.2, 0.25) is 0 Å². The van der Waals surface area contributed by atoms with Gasteiger partial charge < -0.3 is 19.5 Å². The van der Waals surface area contributed by atoms with Gasteiger partial charge in [-0.05, 0) is 64.0 Å². The van der Waals surface area contributed by atoms with Gasteiger partial charge in [0.1, 0.15) is 18.1 Å². The molecule has 0 heterocycles. The smallest absolute Gasteiger partial charge is 0.257 e. The van der Waals surface area contributed by atoms with E-state index in [-0.39, 0.29) is 11.0 Å². The molecule has 0 unspecified atom stereocenters. The van der Waals surface area contributed by atoms with Crippen LogP contribution < -0.4 is 20.1 Å². The van der Waals surface area contributed by atoms with Crippen molar-refractivity contribution in [1.29, 1.82) is 0 Å². The Labute approximate surface area is 207 Å². The van der Waals surface area contributed by atoms with Crippen molar-refractivity contribution in [3.05, 3.63) is 88.4 Å². The molecule has 3 aromatic rings. The third-order valence-corrected chi connectivity index (χ3v) is 5.38. The summed E-state index contributed by atoms with van der Waals surface area (Å²) >= 11 is 8.76. The molecule has 0 aliphatic carbocycles. The summed E-state index contributed by atoms with van der Waals surface area (Å²) in [6, 6.07) is 22.6. The van der Waals surface area contributed by atoms with Gasteiger partial charge in [-0.25, -0.2) is 0 Å². The second-order valence-corrected chi connectivity index (χ2v) is 8.27. The molecule has 0 fully saturated rings. The van der Waals surface area contributed by atoms with Gasteiger partial charge in [-0.1, -0.05) is 36.4 Å². The molecule has 6 nitrogen and oxygen atoms in total. The number of anilines is 1. The third kappa shape index (κ3) is 8.16. The van der Waals surface area contributed by atoms with Gasteiger partial charge in [-0.15, -0.1) is 0 Å². The van der Waals surface area contributed by atoms with E-state index < -0.39 is 0 Å². The van der Waals surface area contributed by atoms with E-state index in [1.165, 1.54) is 5.56 Å². The molecule has 0 saturated heterocycles. The molecule has 33 heavy (non-hydrogen) atoms. The highest BCUT2D eigenvalue weighted by atomic mass is 79.9. The average molecular weight is 529 g/mol. The number of carbonyl (C=O) groups excluding carboxylic acids is 1. The Bertz CT molecular complexity index is 1080. The minimum atomic E-state index is -0.323. The highest BCUT2D eigenvalue weighted by molar-refractivity contribution is 9.10. The Balaban J connectivity index is 1.50. The zero-order valence-corrected chi connectivity index (χ0v) is 20.6. The van der Waals surface area contributed by atoms with E-state index in [2.05, 4.69) is 38.7 Å². The lowest BCUT2D eigenvalue weighted by Gasteiger charge is -2.12. The van der Waals surface area contributed by atoms with Gasteiger partial charge in [0.05, 0.1) is 17.7 Å². The number of carbonyl (C=O) groups is 1. The van der Waals surface area contributed by atoms with Crippen molar-refractivity contribution in [3.8, 4) is 11.5 Å². The lowest BCUT2D eigenvalue weighted by Crippen LogP contribution is -2.34. The van der Waals surface area contributed by atoms with E-state index in [1.54, 1.807) is 31.4 Å². The molecule has 3 rings (SSSR count). The second-order valence-electron chi connectivity index (χ2n) is 7.01. The fourth-order valence-corrected chi connectivity index (χ4v) is 3.63. The van der Waals surface area contributed by atoms with Crippen LogP contribution in [0.5, 0.6) is 11.5 Å². The van der Waals surface area contributed by atoms with Crippen LogP contribution in [-0.4, -0.2) is 38.0 Å². The number of halogens is 1. The zero-order valence-electron chi connectivity index (χ0n) is 18.2. The highest BCUT2D eigenvalue weighted by Gasteiger charge is 2.11. The third-order valence-electron chi connectivity index (χ3n) is 4.56. The molecule has 0 aromatic heterocycles. The van der Waals surface area contributed by atoms with Crippen LogP contribution in [0.15, 0.2) is 77.3 Å². The van der Waals surface area contributed by atoms with Crippen molar-refractivity contribution in [3.63, 3.8) is 0 Å². The van der Waals surface area contributed by atoms with Crippen LogP contribution >= 0.6 is 28.1 Å². The molecule has 0 saturated carbocycles. The highest BCUT2D eigenvalue weighted by Crippen LogP contribution is 2.26. The molecule has 0 bridgehead atoms. The number of hydrogen-bond acceptors (Lipinski definition) is 5. The minimum Gasteiger partial charge on any atom is -0.492 e. The molecule has 8 heteroatoms. The van der Waals surface area contributed by atoms with Crippen LogP contribution in [0.25, 0.3) is 0 Å². The largest absolute Gasteiger partial charge is 0.492 e. The van der Waals surface area contributed by atoms with Gasteiger partial charge in [0.15, 0.2) is 5.11 Å². The lowest BCUT2D eigenvalue weighted by atomic mass is 10.2. The van der Waals surface area contributed by atoms with Gasteiger partial charge >= 0.3 is 0 Å². The van der Waals surface area contributed by atoms with Crippen LogP contribution in [0, 0.1) is 0 Å². The normalized spacial score (nSPS) is 10.4. The van der Waals surface area contributed by atoms with Gasteiger partial charge in [-0.3, -0.25) is 10.1 Å². The van der Waals surface area contributed by atoms with E-state index >= 15 is 0 Å². The fraction of sp³-hybridized carbons (Fsp3) is 0.200. The summed E-state index contributed by atoms with van der Waals surface area (Å²) in [5.41, 5.74) is 2.37. The molecule has 0 aliphatic rings. The van der Waals surface area contributed by atoms with E-state index in [9.17, 15) is 4.79 Å². The van der Waals surface area contributed by atoms with Gasteiger partial charge in [0.25, 0.3) is 5.91 Å². The first-order valence-corrected chi connectivity index (χ1v) is 11.6. The molecular formula is C25H25BrN2O4S. The minimum absolute atomic E-state index is 0.188. The molecule has 0 radical (unpaired) electrons. The Morgan fingerprint density at radius 2 is 1.76 bits per heavy atom. The average Bonchev–Trinajstić information content (AvgIpc) is 2.81. The maximum Gasteiger partial charge on any atom is 0.257 e. The van der Waals surface area contributed by atoms with Crippen molar-refractivity contribution in [2.24, 2.45) is 0 Å². The first-order valence-electron chi connectivity index (χ1n) is 10.4. The Kier molecular flexibility index (Phi) is 9.68. The Morgan fingerprint density at radius 1 is 0.939 bits per heavy atom. The molecule has 3 aromatic carbocycles. The van der Waals surface area contributed by atoms with Crippen LogP contribution in [0.1, 0.15) is 15.9 Å². The molecule has 1 amide bonds. The van der Waals surface area contributed by atoms with Crippen molar-refractivity contribution >= 4 is 44.9 Å². The number of thiocarbonyl (C=S) groups is 1. The topological polar surface area (TPSA) is 68.8 Å². The molecular weight excluding hydrogens is 504 g/mol. The number of methoxy groups -OCH3 is 1. The number of hydrogen-bond donors (Lipinski definition) is 2. The number of nitrogens with one attached hydrogen (secondary N) is 2. The number of rotatable bonds is 10. The van der Waals surface area contributed by atoms with Gasteiger partial charge in [-0.2, -0.15) is 0 Å². The molecule has 0 spiro atoms. The van der Waals surface area contributed by atoms with Crippen molar-refractivity contribution < 1.29 is 19.0 Å². The maximum atomic E-state index is 12.6. The number of benzene rings is 3. The first-order chi connectivity index (χ1) is 16.0. The summed E-state index contributed by atoms with van der Waals surface area (Å²) in [4.78, 5) is 12.6. The van der Waals surface area contributed by atoms with Gasteiger partial charge in [0, 0.05) is 30.8 Å². The van der Waals surface area contributed by atoms with Crippen LogP contribution in [0.2, 0.25) is 0 Å². The lowest BCUT2D eigenvalue weighted by molar-refractivity contribution is 0.0977. The van der Waals surface area contributed by atoms with Crippen LogP contribution in [0.3, 0.4) is 0 Å². The molecule has 0 atom stereocenters. The Morgan fingerprint density at radius 3 is 2.52 bits per heavy atom. The van der Waals surface area contributed by atoms with E-state index in [1.807, 2.05) is 36.4 Å². The maximum absolute atomic E-state index is 12.6. The fourth-order valence-electron chi connectivity index (χ4n) is 2.93. The number of amides is 1. The molecule has 2 N–H and O–H groups in total. The first kappa shape index (κ1) is 24.7. The van der Waals surface area contributed by atoms with Crippen LogP contribution in [-0.2, 0) is 11.2 Å². The molecule has 172 valence electrons. The van der Waals surface area contributed by atoms with E-state index in [0.717, 1.165) is 6.42 Å². The van der Waals surface area contributed by atoms with Crippen molar-refractivity contribution in [1.82, 2.24) is 5.32 Å². The number of ether oxygens (including phenoxy) is 3. The zero-order chi connectivity index (χ0) is 23.5. The SMILES string of the molecule is COCCOc1cccc(NC(=S)NC(=O)c2ccc(OCCc3ccccc3)c(Br)c2)c1. The van der Waals surface area contributed by atoms with Crippen molar-refractivity contribution in [2.75, 3.05) is 32.2 Å².